The maximum absolute atomic E-state index is 9.60. The summed E-state index contributed by atoms with van der Waals surface area (Å²) in [5.41, 5.74) is 2.91. The number of fused-ring (bicyclic) bond motifs is 1. The number of benzene rings is 1. The van der Waals surface area contributed by atoms with Gasteiger partial charge >= 0.3 is 0 Å². The highest BCUT2D eigenvalue weighted by Gasteiger charge is 2.14. The van der Waals surface area contributed by atoms with E-state index in [2.05, 4.69) is 0 Å². The highest BCUT2D eigenvalue weighted by Crippen LogP contribution is 2.30. The van der Waals surface area contributed by atoms with Crippen LogP contribution in [-0.2, 0) is 4.74 Å². The van der Waals surface area contributed by atoms with E-state index in [1.807, 2.05) is 43.3 Å². The maximum Gasteiger partial charge on any atom is 0.284 e. The van der Waals surface area contributed by atoms with Crippen molar-refractivity contribution < 1.29 is 9.84 Å². The minimum atomic E-state index is 0.00806. The van der Waals surface area contributed by atoms with Crippen LogP contribution in [0.2, 0.25) is 0 Å². The molecule has 1 aromatic rings. The van der Waals surface area contributed by atoms with E-state index in [-0.39, 0.29) is 5.95 Å². The summed E-state index contributed by atoms with van der Waals surface area (Å²) >= 11 is 0. The van der Waals surface area contributed by atoms with Crippen LogP contribution >= 0.6 is 0 Å². The molecule has 72 valence electrons. The molecule has 0 bridgehead atoms. The SMILES string of the molecule is CCOC(O)=C1C=Cc2ccccc21. The van der Waals surface area contributed by atoms with Crippen LogP contribution < -0.4 is 0 Å². The van der Waals surface area contributed by atoms with Crippen molar-refractivity contribution >= 4 is 11.6 Å². The van der Waals surface area contributed by atoms with Gasteiger partial charge in [0, 0.05) is 0 Å². The monoisotopic (exact) mass is 188 g/mol. The summed E-state index contributed by atoms with van der Waals surface area (Å²) in [7, 11) is 0. The number of hydrogen-bond acceptors (Lipinski definition) is 2. The molecule has 0 fully saturated rings. The van der Waals surface area contributed by atoms with Crippen LogP contribution in [0.3, 0.4) is 0 Å². The molecule has 0 heterocycles. The molecule has 0 saturated heterocycles. The minimum absolute atomic E-state index is 0.00806. The molecule has 2 nitrogen and oxygen atoms in total. The standard InChI is InChI=1S/C12H12O2/c1-2-14-12(13)11-8-7-9-5-3-4-6-10(9)11/h3-8,13H,2H2,1H3. The summed E-state index contributed by atoms with van der Waals surface area (Å²) in [4.78, 5) is 0. The normalized spacial score (nSPS) is 16.6. The first-order chi connectivity index (χ1) is 6.83. The Morgan fingerprint density at radius 1 is 1.29 bits per heavy atom. The van der Waals surface area contributed by atoms with Gasteiger partial charge in [-0.1, -0.05) is 30.3 Å². The molecule has 0 aromatic heterocycles. The molecule has 0 aliphatic heterocycles. The zero-order valence-corrected chi connectivity index (χ0v) is 8.03. The third-order valence-electron chi connectivity index (χ3n) is 2.19. The van der Waals surface area contributed by atoms with E-state index >= 15 is 0 Å². The van der Waals surface area contributed by atoms with Crippen molar-refractivity contribution in [2.24, 2.45) is 0 Å². The van der Waals surface area contributed by atoms with Gasteiger partial charge in [-0.3, -0.25) is 0 Å². The van der Waals surface area contributed by atoms with Gasteiger partial charge in [0.2, 0.25) is 0 Å². The Labute approximate surface area is 83.1 Å². The van der Waals surface area contributed by atoms with Crippen molar-refractivity contribution in [1.29, 1.82) is 0 Å². The topological polar surface area (TPSA) is 29.5 Å². The summed E-state index contributed by atoms with van der Waals surface area (Å²) in [5, 5.41) is 9.60. The van der Waals surface area contributed by atoms with Crippen molar-refractivity contribution in [1.82, 2.24) is 0 Å². The summed E-state index contributed by atoms with van der Waals surface area (Å²) in [6, 6.07) is 7.91. The molecule has 1 aliphatic carbocycles. The van der Waals surface area contributed by atoms with Crippen molar-refractivity contribution in [3.63, 3.8) is 0 Å². The van der Waals surface area contributed by atoms with Gasteiger partial charge in [-0.15, -0.1) is 0 Å². The Balaban J connectivity index is 2.44. The molecule has 0 saturated carbocycles. The highest BCUT2D eigenvalue weighted by molar-refractivity contribution is 5.90. The lowest BCUT2D eigenvalue weighted by molar-refractivity contribution is 0.105. The Morgan fingerprint density at radius 2 is 2.07 bits per heavy atom. The lowest BCUT2D eigenvalue weighted by Crippen LogP contribution is -1.93. The van der Waals surface area contributed by atoms with Crippen LogP contribution in [0.1, 0.15) is 18.1 Å². The first-order valence-corrected chi connectivity index (χ1v) is 4.66. The van der Waals surface area contributed by atoms with Crippen LogP contribution in [0, 0.1) is 0 Å². The predicted molar refractivity (Wildman–Crippen MR) is 56.7 cm³/mol. The molecule has 1 aromatic carbocycles. The molecule has 0 radical (unpaired) electrons. The second kappa shape index (κ2) is 3.58. The number of allylic oxidation sites excluding steroid dienone is 2. The molecule has 2 heteroatoms. The molecular formula is C12H12O2. The Morgan fingerprint density at radius 3 is 2.86 bits per heavy atom. The number of rotatable bonds is 2. The van der Waals surface area contributed by atoms with E-state index < -0.39 is 0 Å². The molecule has 0 unspecified atom stereocenters. The first-order valence-electron chi connectivity index (χ1n) is 4.66. The van der Waals surface area contributed by atoms with E-state index in [0.717, 1.165) is 16.7 Å². The lowest BCUT2D eigenvalue weighted by atomic mass is 10.1. The van der Waals surface area contributed by atoms with E-state index in [4.69, 9.17) is 4.74 Å². The number of ether oxygens (including phenoxy) is 1. The molecule has 0 amide bonds. The Hall–Kier alpha value is -1.70. The zero-order chi connectivity index (χ0) is 9.97. The van der Waals surface area contributed by atoms with Gasteiger partial charge < -0.3 is 9.84 Å². The summed E-state index contributed by atoms with van der Waals surface area (Å²) in [6.45, 7) is 2.33. The highest BCUT2D eigenvalue weighted by atomic mass is 16.6. The fraction of sp³-hybridized carbons (Fsp3) is 0.167. The van der Waals surface area contributed by atoms with Crippen LogP contribution in [0.4, 0.5) is 0 Å². The predicted octanol–water partition coefficient (Wildman–Crippen LogP) is 2.98. The van der Waals surface area contributed by atoms with Gasteiger partial charge in [0.15, 0.2) is 0 Å². The average Bonchev–Trinajstić information content (AvgIpc) is 2.61. The number of hydrogen-bond donors (Lipinski definition) is 1. The van der Waals surface area contributed by atoms with Crippen LogP contribution in [0.25, 0.3) is 11.6 Å². The van der Waals surface area contributed by atoms with Gasteiger partial charge in [0.25, 0.3) is 5.95 Å². The Bertz CT molecular complexity index is 403. The summed E-state index contributed by atoms with van der Waals surface area (Å²) < 4.78 is 5.07. The largest absolute Gasteiger partial charge is 0.481 e. The smallest absolute Gasteiger partial charge is 0.284 e. The van der Waals surface area contributed by atoms with Gasteiger partial charge in [-0.2, -0.15) is 0 Å². The third-order valence-corrected chi connectivity index (χ3v) is 2.19. The second-order valence-electron chi connectivity index (χ2n) is 3.07. The molecule has 0 atom stereocenters. The fourth-order valence-electron chi connectivity index (χ4n) is 1.55. The second-order valence-corrected chi connectivity index (χ2v) is 3.07. The van der Waals surface area contributed by atoms with E-state index in [1.165, 1.54) is 0 Å². The third kappa shape index (κ3) is 1.39. The van der Waals surface area contributed by atoms with Crippen molar-refractivity contribution in [2.75, 3.05) is 6.61 Å². The molecule has 14 heavy (non-hydrogen) atoms. The average molecular weight is 188 g/mol. The van der Waals surface area contributed by atoms with Gasteiger partial charge in [0.05, 0.1) is 12.2 Å². The lowest BCUT2D eigenvalue weighted by Gasteiger charge is -2.05. The number of aliphatic hydroxyl groups excluding tert-OH is 1. The molecule has 1 aliphatic rings. The summed E-state index contributed by atoms with van der Waals surface area (Å²) in [5.74, 6) is 0.00806. The molecule has 1 N–H and O–H groups in total. The molecular weight excluding hydrogens is 176 g/mol. The van der Waals surface area contributed by atoms with Crippen molar-refractivity contribution in [2.45, 2.75) is 6.92 Å². The van der Waals surface area contributed by atoms with E-state index in [1.54, 1.807) is 0 Å². The Kier molecular flexibility index (Phi) is 2.27. The zero-order valence-electron chi connectivity index (χ0n) is 8.03. The fourth-order valence-corrected chi connectivity index (χ4v) is 1.55. The van der Waals surface area contributed by atoms with Gasteiger partial charge in [-0.05, 0) is 24.1 Å². The van der Waals surface area contributed by atoms with Crippen LogP contribution in [0.15, 0.2) is 36.3 Å². The van der Waals surface area contributed by atoms with Crippen LogP contribution in [-0.4, -0.2) is 11.7 Å². The van der Waals surface area contributed by atoms with Crippen molar-refractivity contribution in [3.05, 3.63) is 47.4 Å². The molecule has 2 rings (SSSR count). The van der Waals surface area contributed by atoms with Crippen LogP contribution in [0.5, 0.6) is 0 Å². The quantitative estimate of drug-likeness (QED) is 0.723. The maximum atomic E-state index is 9.60. The first kappa shape index (κ1) is 8.88. The molecule has 0 spiro atoms. The number of aliphatic hydroxyl groups is 1. The van der Waals surface area contributed by atoms with E-state index in [0.29, 0.717) is 6.61 Å². The van der Waals surface area contributed by atoms with Crippen molar-refractivity contribution in [3.8, 4) is 0 Å². The van der Waals surface area contributed by atoms with Gasteiger partial charge in [0.1, 0.15) is 0 Å². The summed E-state index contributed by atoms with van der Waals surface area (Å²) in [6.07, 6.45) is 3.84. The van der Waals surface area contributed by atoms with Gasteiger partial charge in [-0.25, -0.2) is 0 Å². The minimum Gasteiger partial charge on any atom is -0.481 e. The van der Waals surface area contributed by atoms with E-state index in [9.17, 15) is 5.11 Å².